The highest BCUT2D eigenvalue weighted by atomic mass is 32.1. The van der Waals surface area contributed by atoms with Crippen LogP contribution in [0.1, 0.15) is 21.6 Å². The number of nitrogens with one attached hydrogen (secondary N) is 1. The van der Waals surface area contributed by atoms with E-state index in [9.17, 15) is 0 Å². The molecule has 0 aliphatic heterocycles. The highest BCUT2D eigenvalue weighted by molar-refractivity contribution is 7.19. The lowest BCUT2D eigenvalue weighted by molar-refractivity contribution is 1.31. The molecule has 0 fully saturated rings. The van der Waals surface area contributed by atoms with Crippen molar-refractivity contribution in [2.45, 2.75) is 27.7 Å². The molecular formula is C33H28N2S. The molecule has 0 amide bonds. The van der Waals surface area contributed by atoms with Gasteiger partial charge in [0.15, 0.2) is 0 Å². The summed E-state index contributed by atoms with van der Waals surface area (Å²) in [5, 5.41) is 1.33. The molecule has 2 nitrogen and oxygen atoms in total. The fourth-order valence-electron chi connectivity index (χ4n) is 4.84. The van der Waals surface area contributed by atoms with Gasteiger partial charge < -0.3 is 4.98 Å². The predicted octanol–water partition coefficient (Wildman–Crippen LogP) is 9.53. The van der Waals surface area contributed by atoms with Crippen LogP contribution in [0.5, 0.6) is 0 Å². The van der Waals surface area contributed by atoms with Crippen molar-refractivity contribution in [1.29, 1.82) is 0 Å². The number of hydrogen-bond donors (Lipinski definition) is 1. The summed E-state index contributed by atoms with van der Waals surface area (Å²) in [4.78, 5) is 10.1. The zero-order valence-electron chi connectivity index (χ0n) is 21.0. The summed E-state index contributed by atoms with van der Waals surface area (Å²) in [7, 11) is 0. The van der Waals surface area contributed by atoms with E-state index in [0.717, 1.165) is 33.9 Å². The maximum atomic E-state index is 5.10. The number of aryl methyl sites for hydroxylation is 4. The fraction of sp³-hybridized carbons (Fsp3) is 0.121. The minimum absolute atomic E-state index is 0.884. The average molecular weight is 485 g/mol. The second kappa shape index (κ2) is 8.92. The molecule has 0 aliphatic carbocycles. The van der Waals surface area contributed by atoms with Crippen LogP contribution >= 0.6 is 11.3 Å². The summed E-state index contributed by atoms with van der Waals surface area (Å²) in [6.07, 6.45) is 0. The van der Waals surface area contributed by atoms with E-state index in [1.807, 2.05) is 11.3 Å². The van der Waals surface area contributed by atoms with E-state index in [-0.39, 0.29) is 0 Å². The molecule has 3 heteroatoms. The summed E-state index contributed by atoms with van der Waals surface area (Å²) in [5.74, 6) is 0.884. The first-order chi connectivity index (χ1) is 17.5. The van der Waals surface area contributed by atoms with Gasteiger partial charge in [-0.2, -0.15) is 0 Å². The van der Waals surface area contributed by atoms with Gasteiger partial charge in [0.1, 0.15) is 5.82 Å². The molecule has 4 aromatic carbocycles. The third kappa shape index (κ3) is 4.06. The second-order valence-corrected chi connectivity index (χ2v) is 10.9. The van der Waals surface area contributed by atoms with Crippen LogP contribution in [0.25, 0.3) is 55.1 Å². The van der Waals surface area contributed by atoms with Gasteiger partial charge in [0.2, 0.25) is 0 Å². The van der Waals surface area contributed by atoms with E-state index in [1.54, 1.807) is 0 Å². The van der Waals surface area contributed by atoms with Gasteiger partial charge in [-0.25, -0.2) is 4.98 Å². The van der Waals surface area contributed by atoms with Gasteiger partial charge in [0.05, 0.1) is 11.4 Å². The fourth-order valence-corrected chi connectivity index (χ4v) is 6.02. The highest BCUT2D eigenvalue weighted by Crippen LogP contribution is 2.40. The van der Waals surface area contributed by atoms with Crippen molar-refractivity contribution in [3.63, 3.8) is 0 Å². The Hall–Kier alpha value is -3.95. The van der Waals surface area contributed by atoms with Crippen molar-refractivity contribution in [1.82, 2.24) is 9.97 Å². The molecule has 6 rings (SSSR count). The van der Waals surface area contributed by atoms with Crippen LogP contribution in [0.2, 0.25) is 0 Å². The van der Waals surface area contributed by atoms with Crippen molar-refractivity contribution < 1.29 is 0 Å². The molecule has 0 spiro atoms. The Balaban J connectivity index is 1.43. The number of aromatic amines is 1. The van der Waals surface area contributed by atoms with Crippen molar-refractivity contribution in [3.8, 4) is 45.0 Å². The van der Waals surface area contributed by atoms with Crippen molar-refractivity contribution >= 4 is 21.4 Å². The summed E-state index contributed by atoms with van der Waals surface area (Å²) in [6, 6.07) is 32.8. The van der Waals surface area contributed by atoms with E-state index in [1.165, 1.54) is 42.8 Å². The number of fused-ring (bicyclic) bond motifs is 1. The van der Waals surface area contributed by atoms with Crippen LogP contribution < -0.4 is 0 Å². The van der Waals surface area contributed by atoms with Crippen LogP contribution in [0, 0.1) is 27.7 Å². The van der Waals surface area contributed by atoms with E-state index < -0.39 is 0 Å². The number of benzene rings is 4. The summed E-state index contributed by atoms with van der Waals surface area (Å²) < 4.78 is 1.35. The quantitative estimate of drug-likeness (QED) is 0.265. The minimum Gasteiger partial charge on any atom is -0.337 e. The summed E-state index contributed by atoms with van der Waals surface area (Å²) in [6.45, 7) is 8.60. The SMILES string of the molecule is Cc1ccc(-c2nc(-c3ccc(-c4c(C)sc5cc(C)ccc45)cc3)[nH]c2-c2ccc(C)cc2)cc1. The average Bonchev–Trinajstić information content (AvgIpc) is 3.46. The Morgan fingerprint density at radius 2 is 1.14 bits per heavy atom. The molecule has 0 saturated carbocycles. The Morgan fingerprint density at radius 1 is 0.583 bits per heavy atom. The van der Waals surface area contributed by atoms with Crippen molar-refractivity contribution in [2.75, 3.05) is 0 Å². The lowest BCUT2D eigenvalue weighted by atomic mass is 10.0. The molecule has 0 bridgehead atoms. The van der Waals surface area contributed by atoms with E-state index in [2.05, 4.69) is 124 Å². The molecule has 0 aliphatic rings. The Bertz CT molecular complexity index is 1620. The molecule has 6 aromatic rings. The number of nitrogens with zero attached hydrogens (tertiary/aromatic N) is 1. The molecule has 0 atom stereocenters. The van der Waals surface area contributed by atoms with E-state index >= 15 is 0 Å². The molecule has 2 heterocycles. The molecule has 36 heavy (non-hydrogen) atoms. The highest BCUT2D eigenvalue weighted by Gasteiger charge is 2.16. The molecule has 0 saturated heterocycles. The number of aromatic nitrogens is 2. The first-order valence-electron chi connectivity index (χ1n) is 12.3. The van der Waals surface area contributed by atoms with Crippen molar-refractivity contribution in [2.24, 2.45) is 0 Å². The molecule has 2 aromatic heterocycles. The molecule has 0 radical (unpaired) electrons. The smallest absolute Gasteiger partial charge is 0.138 e. The van der Waals surface area contributed by atoms with Crippen LogP contribution in [0.3, 0.4) is 0 Å². The Labute approximate surface area is 216 Å². The summed E-state index contributed by atoms with van der Waals surface area (Å²) in [5.41, 5.74) is 11.7. The first kappa shape index (κ1) is 22.5. The third-order valence-electron chi connectivity index (χ3n) is 6.84. The molecule has 0 unspecified atom stereocenters. The second-order valence-electron chi connectivity index (χ2n) is 9.65. The maximum absolute atomic E-state index is 5.10. The van der Waals surface area contributed by atoms with Gasteiger partial charge in [-0.05, 0) is 44.9 Å². The zero-order chi connectivity index (χ0) is 24.8. The largest absolute Gasteiger partial charge is 0.337 e. The van der Waals surface area contributed by atoms with Crippen LogP contribution in [0.15, 0.2) is 91.0 Å². The van der Waals surface area contributed by atoms with Gasteiger partial charge in [0.25, 0.3) is 0 Å². The van der Waals surface area contributed by atoms with Gasteiger partial charge in [-0.15, -0.1) is 11.3 Å². The number of thiophene rings is 1. The van der Waals surface area contributed by atoms with Crippen LogP contribution in [-0.2, 0) is 0 Å². The van der Waals surface area contributed by atoms with Gasteiger partial charge in [-0.3, -0.25) is 0 Å². The topological polar surface area (TPSA) is 28.7 Å². The standard InChI is InChI=1S/C33H28N2S/c1-20-5-10-25(11-6-20)31-32(26-12-7-21(2)8-13-26)35-33(34-31)27-16-14-24(15-17-27)30-23(4)36-29-19-22(3)9-18-28(29)30/h5-19H,1-4H3,(H,34,35). The number of H-pyrrole nitrogens is 1. The molecule has 1 N–H and O–H groups in total. The number of imidazole rings is 1. The zero-order valence-corrected chi connectivity index (χ0v) is 21.8. The van der Waals surface area contributed by atoms with Crippen molar-refractivity contribution in [3.05, 3.63) is 113 Å². The van der Waals surface area contributed by atoms with Crippen LogP contribution in [-0.4, -0.2) is 9.97 Å². The summed E-state index contributed by atoms with van der Waals surface area (Å²) >= 11 is 1.87. The predicted molar refractivity (Wildman–Crippen MR) is 155 cm³/mol. The lowest BCUT2D eigenvalue weighted by Crippen LogP contribution is -1.84. The van der Waals surface area contributed by atoms with Crippen LogP contribution in [0.4, 0.5) is 0 Å². The maximum Gasteiger partial charge on any atom is 0.138 e. The monoisotopic (exact) mass is 484 g/mol. The van der Waals surface area contributed by atoms with E-state index in [4.69, 9.17) is 4.98 Å². The van der Waals surface area contributed by atoms with Gasteiger partial charge in [0, 0.05) is 37.2 Å². The first-order valence-corrected chi connectivity index (χ1v) is 13.1. The minimum atomic E-state index is 0.884. The Morgan fingerprint density at radius 3 is 1.81 bits per heavy atom. The molecular weight excluding hydrogens is 456 g/mol. The lowest BCUT2D eigenvalue weighted by Gasteiger charge is -2.05. The third-order valence-corrected chi connectivity index (χ3v) is 7.91. The number of hydrogen-bond acceptors (Lipinski definition) is 2. The Kier molecular flexibility index (Phi) is 5.58. The van der Waals surface area contributed by atoms with Gasteiger partial charge in [-0.1, -0.05) is 96.1 Å². The van der Waals surface area contributed by atoms with E-state index in [0.29, 0.717) is 0 Å². The van der Waals surface area contributed by atoms with Gasteiger partial charge >= 0.3 is 0 Å². The number of rotatable bonds is 4. The normalized spacial score (nSPS) is 11.3. The molecule has 176 valence electrons.